The first-order valence-corrected chi connectivity index (χ1v) is 6.46. The van der Waals surface area contributed by atoms with Crippen LogP contribution in [0.3, 0.4) is 0 Å². The van der Waals surface area contributed by atoms with Gasteiger partial charge < -0.3 is 20.2 Å². The number of hydrazine groups is 1. The summed E-state index contributed by atoms with van der Waals surface area (Å²) in [5.74, 6) is 7.33. The van der Waals surface area contributed by atoms with Crippen LogP contribution in [0.25, 0.3) is 0 Å². The van der Waals surface area contributed by atoms with Crippen LogP contribution in [-0.4, -0.2) is 35.8 Å². The first kappa shape index (κ1) is 14.0. The first-order valence-electron chi connectivity index (χ1n) is 6.46. The Bertz CT molecular complexity index is 409. The molecule has 0 bridgehead atoms. The summed E-state index contributed by atoms with van der Waals surface area (Å²) in [5.41, 5.74) is 2.53. The number of rotatable bonds is 7. The summed E-state index contributed by atoms with van der Waals surface area (Å²) >= 11 is 0. The molecule has 0 atom stereocenters. The number of nitrogens with two attached hydrogens (primary N) is 1. The third-order valence-electron chi connectivity index (χ3n) is 3.04. The second-order valence-corrected chi connectivity index (χ2v) is 4.52. The molecule has 2 rings (SSSR count). The lowest BCUT2D eigenvalue weighted by Crippen LogP contribution is -2.41. The van der Waals surface area contributed by atoms with Gasteiger partial charge in [0.2, 0.25) is 0 Å². The lowest BCUT2D eigenvalue weighted by molar-refractivity contribution is 0.00292. The van der Waals surface area contributed by atoms with Crippen LogP contribution in [0.15, 0.2) is 6.07 Å². The third-order valence-corrected chi connectivity index (χ3v) is 3.04. The summed E-state index contributed by atoms with van der Waals surface area (Å²) in [6, 6.07) is 2.18. The molecular formula is C12H21N5O2. The minimum Gasteiger partial charge on any atom is -0.378 e. The average Bonchev–Trinajstić information content (AvgIpc) is 2.36. The van der Waals surface area contributed by atoms with E-state index in [9.17, 15) is 0 Å². The number of methoxy groups -OCH3 is 1. The van der Waals surface area contributed by atoms with Gasteiger partial charge in [0.05, 0.1) is 6.10 Å². The van der Waals surface area contributed by atoms with Crippen LogP contribution in [0.1, 0.15) is 25.6 Å². The molecule has 0 saturated heterocycles. The lowest BCUT2D eigenvalue weighted by atomic mass is 9.89. The highest BCUT2D eigenvalue weighted by Crippen LogP contribution is 2.26. The monoisotopic (exact) mass is 267 g/mol. The van der Waals surface area contributed by atoms with Crippen molar-refractivity contribution in [1.29, 1.82) is 0 Å². The zero-order valence-corrected chi connectivity index (χ0v) is 11.3. The zero-order chi connectivity index (χ0) is 13.7. The van der Waals surface area contributed by atoms with Gasteiger partial charge in [0.15, 0.2) is 5.82 Å². The fourth-order valence-electron chi connectivity index (χ4n) is 2.10. The van der Waals surface area contributed by atoms with E-state index in [0.29, 0.717) is 30.4 Å². The summed E-state index contributed by atoms with van der Waals surface area (Å²) in [5, 5.41) is 3.36. The van der Waals surface area contributed by atoms with Crippen molar-refractivity contribution in [1.82, 2.24) is 9.97 Å². The molecule has 7 nitrogen and oxygen atoms in total. The molecule has 1 aliphatic carbocycles. The Morgan fingerprint density at radius 2 is 2.11 bits per heavy atom. The summed E-state index contributed by atoms with van der Waals surface area (Å²) in [4.78, 5) is 8.58. The van der Waals surface area contributed by atoms with Crippen LogP contribution in [0.2, 0.25) is 0 Å². The van der Waals surface area contributed by atoms with Crippen LogP contribution in [0, 0.1) is 0 Å². The number of nitrogen functional groups attached to an aromatic ring is 1. The van der Waals surface area contributed by atoms with Crippen molar-refractivity contribution in [2.75, 3.05) is 24.5 Å². The molecule has 0 aromatic carbocycles. The fourth-order valence-corrected chi connectivity index (χ4v) is 2.10. The number of nitrogens with zero attached hydrogens (tertiary/aromatic N) is 2. The van der Waals surface area contributed by atoms with Crippen LogP contribution in [0.5, 0.6) is 0 Å². The van der Waals surface area contributed by atoms with Gasteiger partial charge in [-0.1, -0.05) is 0 Å². The van der Waals surface area contributed by atoms with Crippen molar-refractivity contribution in [3.63, 3.8) is 0 Å². The van der Waals surface area contributed by atoms with E-state index in [4.69, 9.17) is 15.3 Å². The second kappa shape index (κ2) is 6.65. The molecule has 0 aliphatic heterocycles. The van der Waals surface area contributed by atoms with Gasteiger partial charge in [0, 0.05) is 25.8 Å². The standard InChI is InChI=1S/C12H21N5O2/c1-3-19-9-4-8(5-9)14-10-6-11(17-13)16-12(15-10)7-18-2/h6,8-9H,3-5,7,13H2,1-2H3,(H2,14,15,16,17). The van der Waals surface area contributed by atoms with Gasteiger partial charge >= 0.3 is 0 Å². The molecule has 0 amide bonds. The number of anilines is 2. The molecule has 106 valence electrons. The molecular weight excluding hydrogens is 246 g/mol. The maximum absolute atomic E-state index is 5.53. The van der Waals surface area contributed by atoms with Gasteiger partial charge in [-0.2, -0.15) is 0 Å². The van der Waals surface area contributed by atoms with Gasteiger partial charge in [-0.05, 0) is 19.8 Å². The molecule has 19 heavy (non-hydrogen) atoms. The van der Waals surface area contributed by atoms with E-state index in [1.54, 1.807) is 13.2 Å². The van der Waals surface area contributed by atoms with E-state index in [1.165, 1.54) is 0 Å². The highest BCUT2D eigenvalue weighted by molar-refractivity contribution is 5.47. The van der Waals surface area contributed by atoms with Crippen LogP contribution >= 0.6 is 0 Å². The van der Waals surface area contributed by atoms with Crippen molar-refractivity contribution in [2.45, 2.75) is 38.5 Å². The maximum Gasteiger partial charge on any atom is 0.158 e. The minimum absolute atomic E-state index is 0.358. The van der Waals surface area contributed by atoms with Crippen molar-refractivity contribution in [3.05, 3.63) is 11.9 Å². The largest absolute Gasteiger partial charge is 0.378 e. The molecule has 7 heteroatoms. The Hall–Kier alpha value is -1.44. The second-order valence-electron chi connectivity index (χ2n) is 4.52. The number of hydrogen-bond donors (Lipinski definition) is 3. The summed E-state index contributed by atoms with van der Waals surface area (Å²) in [6.45, 7) is 3.14. The number of hydrogen-bond acceptors (Lipinski definition) is 7. The Morgan fingerprint density at radius 3 is 2.74 bits per heavy atom. The van der Waals surface area contributed by atoms with Crippen molar-refractivity contribution < 1.29 is 9.47 Å². The highest BCUT2D eigenvalue weighted by Gasteiger charge is 2.29. The Labute approximate surface area is 112 Å². The lowest BCUT2D eigenvalue weighted by Gasteiger charge is -2.35. The van der Waals surface area contributed by atoms with E-state index in [-0.39, 0.29) is 0 Å². The van der Waals surface area contributed by atoms with Crippen molar-refractivity contribution in [3.8, 4) is 0 Å². The quantitative estimate of drug-likeness (QED) is 0.499. The molecule has 0 spiro atoms. The first-order chi connectivity index (χ1) is 9.25. The molecule has 1 aromatic rings. The van der Waals surface area contributed by atoms with Gasteiger partial charge in [0.25, 0.3) is 0 Å². The van der Waals surface area contributed by atoms with Gasteiger partial charge in [0.1, 0.15) is 18.2 Å². The molecule has 4 N–H and O–H groups in total. The van der Waals surface area contributed by atoms with E-state index in [2.05, 4.69) is 20.7 Å². The SMILES string of the molecule is CCOC1CC(Nc2cc(NN)nc(COC)n2)C1. The molecule has 1 aliphatic rings. The summed E-state index contributed by atoms with van der Waals surface area (Å²) in [6.07, 6.45) is 2.38. The predicted molar refractivity (Wildman–Crippen MR) is 72.6 cm³/mol. The normalized spacial score (nSPS) is 21.8. The molecule has 1 heterocycles. The molecule has 1 aromatic heterocycles. The van der Waals surface area contributed by atoms with Gasteiger partial charge in [-0.3, -0.25) is 0 Å². The van der Waals surface area contributed by atoms with Gasteiger partial charge in [-0.15, -0.1) is 0 Å². The third kappa shape index (κ3) is 3.76. The van der Waals surface area contributed by atoms with E-state index < -0.39 is 0 Å². The van der Waals surface area contributed by atoms with Crippen molar-refractivity contribution >= 4 is 11.6 Å². The number of ether oxygens (including phenoxy) is 2. The summed E-state index contributed by atoms with van der Waals surface area (Å²) in [7, 11) is 1.61. The highest BCUT2D eigenvalue weighted by atomic mass is 16.5. The van der Waals surface area contributed by atoms with E-state index in [1.807, 2.05) is 6.92 Å². The van der Waals surface area contributed by atoms with Crippen molar-refractivity contribution in [2.24, 2.45) is 5.84 Å². The molecule has 1 saturated carbocycles. The molecule has 0 radical (unpaired) electrons. The Kier molecular flexibility index (Phi) is 4.89. The predicted octanol–water partition coefficient (Wildman–Crippen LogP) is 0.888. The molecule has 1 fully saturated rings. The molecule has 0 unspecified atom stereocenters. The average molecular weight is 267 g/mol. The zero-order valence-electron chi connectivity index (χ0n) is 11.3. The van der Waals surface area contributed by atoms with Crippen LogP contribution in [-0.2, 0) is 16.1 Å². The topological polar surface area (TPSA) is 94.3 Å². The number of aromatic nitrogens is 2. The van der Waals surface area contributed by atoms with Crippen LogP contribution in [0.4, 0.5) is 11.6 Å². The summed E-state index contributed by atoms with van der Waals surface area (Å²) < 4.78 is 10.6. The van der Waals surface area contributed by atoms with E-state index >= 15 is 0 Å². The van der Waals surface area contributed by atoms with Crippen LogP contribution < -0.4 is 16.6 Å². The van der Waals surface area contributed by atoms with Gasteiger partial charge in [-0.25, -0.2) is 15.8 Å². The Balaban J connectivity index is 1.94. The maximum atomic E-state index is 5.53. The smallest absolute Gasteiger partial charge is 0.158 e. The number of nitrogens with one attached hydrogen (secondary N) is 2. The Morgan fingerprint density at radius 1 is 1.37 bits per heavy atom. The fraction of sp³-hybridized carbons (Fsp3) is 0.667. The van der Waals surface area contributed by atoms with E-state index in [0.717, 1.165) is 25.3 Å². The minimum atomic E-state index is 0.358.